The van der Waals surface area contributed by atoms with E-state index in [-0.39, 0.29) is 6.04 Å². The Morgan fingerprint density at radius 3 is 3.08 bits per heavy atom. The van der Waals surface area contributed by atoms with Crippen molar-refractivity contribution < 1.29 is 4.74 Å². The fourth-order valence-corrected chi connectivity index (χ4v) is 4.10. The largest absolute Gasteiger partial charge is 0.375 e. The van der Waals surface area contributed by atoms with Gasteiger partial charge in [0.05, 0.1) is 24.9 Å². The molecule has 0 aromatic carbocycles. The molecule has 24 heavy (non-hydrogen) atoms. The second-order valence-corrected chi connectivity index (χ2v) is 7.72. The number of fused-ring (bicyclic) bond motifs is 1. The van der Waals surface area contributed by atoms with Gasteiger partial charge in [0.15, 0.2) is 0 Å². The lowest BCUT2D eigenvalue weighted by Gasteiger charge is -2.34. The first-order valence-electron chi connectivity index (χ1n) is 8.72. The molecule has 0 spiro atoms. The zero-order valence-electron chi connectivity index (χ0n) is 13.9. The van der Waals surface area contributed by atoms with Gasteiger partial charge in [0.25, 0.3) is 0 Å². The summed E-state index contributed by atoms with van der Waals surface area (Å²) in [5.41, 5.74) is 2.43. The molecule has 1 unspecified atom stereocenters. The van der Waals surface area contributed by atoms with Gasteiger partial charge in [-0.1, -0.05) is 17.4 Å². The lowest BCUT2D eigenvalue weighted by Crippen LogP contribution is -2.38. The molecule has 1 aliphatic heterocycles. The van der Waals surface area contributed by atoms with Crippen molar-refractivity contribution in [3.8, 4) is 0 Å². The van der Waals surface area contributed by atoms with Gasteiger partial charge in [-0.3, -0.25) is 4.90 Å². The molecular formula is C18H24N4OS. The van der Waals surface area contributed by atoms with Gasteiger partial charge in [0.2, 0.25) is 0 Å². The number of hydrogen-bond donors (Lipinski definition) is 0. The molecule has 6 heteroatoms. The van der Waals surface area contributed by atoms with E-state index in [1.807, 2.05) is 11.3 Å². The Kier molecular flexibility index (Phi) is 4.78. The van der Waals surface area contributed by atoms with Gasteiger partial charge >= 0.3 is 0 Å². The highest BCUT2D eigenvalue weighted by atomic mass is 32.1. The van der Waals surface area contributed by atoms with E-state index in [2.05, 4.69) is 44.0 Å². The number of rotatable bonds is 8. The molecule has 2 aromatic rings. The van der Waals surface area contributed by atoms with E-state index < -0.39 is 0 Å². The Morgan fingerprint density at radius 1 is 1.42 bits per heavy atom. The van der Waals surface area contributed by atoms with Crippen LogP contribution in [0, 0.1) is 5.92 Å². The van der Waals surface area contributed by atoms with Crippen molar-refractivity contribution in [2.45, 2.75) is 38.4 Å². The van der Waals surface area contributed by atoms with E-state index in [0.29, 0.717) is 13.2 Å². The number of aromatic nitrogens is 3. The zero-order chi connectivity index (χ0) is 16.4. The van der Waals surface area contributed by atoms with Crippen LogP contribution in [0.25, 0.3) is 0 Å². The molecule has 1 saturated carbocycles. The van der Waals surface area contributed by atoms with Gasteiger partial charge < -0.3 is 4.74 Å². The Bertz CT molecular complexity index is 677. The third kappa shape index (κ3) is 3.45. The van der Waals surface area contributed by atoms with Crippen molar-refractivity contribution in [3.63, 3.8) is 0 Å². The van der Waals surface area contributed by atoms with Crippen LogP contribution in [0.4, 0.5) is 0 Å². The zero-order valence-corrected chi connectivity index (χ0v) is 14.7. The molecule has 2 aliphatic rings. The summed E-state index contributed by atoms with van der Waals surface area (Å²) in [6, 6.07) is 4.50. The first-order valence-corrected chi connectivity index (χ1v) is 9.60. The molecule has 128 valence electrons. The Hall–Kier alpha value is -1.50. The van der Waals surface area contributed by atoms with Crippen LogP contribution in [-0.4, -0.2) is 39.7 Å². The first kappa shape index (κ1) is 16.0. The van der Waals surface area contributed by atoms with Gasteiger partial charge in [-0.25, -0.2) is 4.68 Å². The van der Waals surface area contributed by atoms with Gasteiger partial charge in [-0.2, -0.15) is 0 Å². The predicted molar refractivity (Wildman–Crippen MR) is 94.9 cm³/mol. The molecule has 0 radical (unpaired) electrons. The minimum atomic E-state index is 0.184. The molecule has 0 bridgehead atoms. The standard InChI is InChI=1S/C18H24N4OS/c1-2-9-23-13-17-18-16(22(20-19-18)11-14-5-6-14)7-8-21(17)12-15-4-3-10-24-15/h2-4,10,14,17H,1,5-9,11-13H2. The summed E-state index contributed by atoms with van der Waals surface area (Å²) in [6.45, 7) is 7.99. The monoisotopic (exact) mass is 344 g/mol. The lowest BCUT2D eigenvalue weighted by molar-refractivity contribution is 0.0604. The predicted octanol–water partition coefficient (Wildman–Crippen LogP) is 3.05. The van der Waals surface area contributed by atoms with Crippen LogP contribution in [0.2, 0.25) is 0 Å². The van der Waals surface area contributed by atoms with Gasteiger partial charge in [-0.05, 0) is 30.2 Å². The van der Waals surface area contributed by atoms with Crippen LogP contribution in [0.15, 0.2) is 30.2 Å². The molecule has 0 amide bonds. The maximum Gasteiger partial charge on any atom is 0.105 e. The van der Waals surface area contributed by atoms with Crippen LogP contribution < -0.4 is 0 Å². The summed E-state index contributed by atoms with van der Waals surface area (Å²) >= 11 is 1.81. The number of thiophene rings is 1. The highest BCUT2D eigenvalue weighted by Crippen LogP contribution is 2.34. The molecule has 5 nitrogen and oxygen atoms in total. The number of ether oxygens (including phenoxy) is 1. The maximum atomic E-state index is 5.80. The van der Waals surface area contributed by atoms with Gasteiger partial charge in [0.1, 0.15) is 5.69 Å². The SMILES string of the molecule is C=CCOCC1c2nnn(CC3CC3)c2CCN1Cc1cccs1. The fraction of sp³-hybridized carbons (Fsp3) is 0.556. The van der Waals surface area contributed by atoms with Gasteiger partial charge in [0, 0.05) is 30.9 Å². The first-order chi connectivity index (χ1) is 11.8. The number of nitrogens with zero attached hydrogens (tertiary/aromatic N) is 4. The molecule has 1 aliphatic carbocycles. The normalized spacial score (nSPS) is 20.9. The molecule has 4 rings (SSSR count). The summed E-state index contributed by atoms with van der Waals surface area (Å²) in [5, 5.41) is 11.1. The third-order valence-electron chi connectivity index (χ3n) is 4.84. The maximum absolute atomic E-state index is 5.80. The molecule has 1 fully saturated rings. The van der Waals surface area contributed by atoms with Crippen molar-refractivity contribution >= 4 is 11.3 Å². The highest BCUT2D eigenvalue weighted by Gasteiger charge is 2.33. The second-order valence-electron chi connectivity index (χ2n) is 6.69. The van der Waals surface area contributed by atoms with Crippen molar-refractivity contribution in [1.29, 1.82) is 0 Å². The summed E-state index contributed by atoms with van der Waals surface area (Å²) < 4.78 is 7.95. The Balaban J connectivity index is 1.54. The topological polar surface area (TPSA) is 43.2 Å². The van der Waals surface area contributed by atoms with E-state index in [1.54, 1.807) is 6.08 Å². The quantitative estimate of drug-likeness (QED) is 0.545. The van der Waals surface area contributed by atoms with E-state index >= 15 is 0 Å². The van der Waals surface area contributed by atoms with E-state index in [1.165, 1.54) is 23.4 Å². The molecule has 0 N–H and O–H groups in total. The average molecular weight is 344 g/mol. The smallest absolute Gasteiger partial charge is 0.105 e. The molecule has 3 heterocycles. The van der Waals surface area contributed by atoms with Crippen molar-refractivity contribution in [1.82, 2.24) is 19.9 Å². The molecular weight excluding hydrogens is 320 g/mol. The van der Waals surface area contributed by atoms with Crippen LogP contribution in [0.3, 0.4) is 0 Å². The van der Waals surface area contributed by atoms with E-state index in [0.717, 1.165) is 37.7 Å². The van der Waals surface area contributed by atoms with Gasteiger partial charge in [-0.15, -0.1) is 23.0 Å². The van der Waals surface area contributed by atoms with Crippen LogP contribution in [0.1, 0.15) is 35.1 Å². The summed E-state index contributed by atoms with van der Waals surface area (Å²) in [5.74, 6) is 0.815. The summed E-state index contributed by atoms with van der Waals surface area (Å²) in [7, 11) is 0. The van der Waals surface area contributed by atoms with E-state index in [4.69, 9.17) is 4.74 Å². The van der Waals surface area contributed by atoms with Crippen molar-refractivity contribution in [2.24, 2.45) is 5.92 Å². The third-order valence-corrected chi connectivity index (χ3v) is 5.70. The average Bonchev–Trinajstić information content (AvgIpc) is 3.08. The minimum absolute atomic E-state index is 0.184. The van der Waals surface area contributed by atoms with Crippen LogP contribution in [0.5, 0.6) is 0 Å². The summed E-state index contributed by atoms with van der Waals surface area (Å²) in [4.78, 5) is 3.87. The highest BCUT2D eigenvalue weighted by molar-refractivity contribution is 7.09. The van der Waals surface area contributed by atoms with Crippen LogP contribution >= 0.6 is 11.3 Å². The van der Waals surface area contributed by atoms with Crippen LogP contribution in [-0.2, 0) is 24.2 Å². The molecule has 2 aromatic heterocycles. The molecule has 1 atom stereocenters. The van der Waals surface area contributed by atoms with E-state index in [9.17, 15) is 0 Å². The van der Waals surface area contributed by atoms with Crippen molar-refractivity contribution in [2.75, 3.05) is 19.8 Å². The van der Waals surface area contributed by atoms with Crippen molar-refractivity contribution in [3.05, 3.63) is 46.4 Å². The molecule has 0 saturated heterocycles. The minimum Gasteiger partial charge on any atom is -0.375 e. The fourth-order valence-electron chi connectivity index (χ4n) is 3.37. The lowest BCUT2D eigenvalue weighted by atomic mass is 10.0. The number of hydrogen-bond acceptors (Lipinski definition) is 5. The summed E-state index contributed by atoms with van der Waals surface area (Å²) in [6.07, 6.45) is 5.51. The Labute approximate surface area is 146 Å². The Morgan fingerprint density at radius 2 is 2.33 bits per heavy atom. The second kappa shape index (κ2) is 7.17.